The highest BCUT2D eigenvalue weighted by Gasteiger charge is 2.24. The summed E-state index contributed by atoms with van der Waals surface area (Å²) in [5.41, 5.74) is 7.09. The molecule has 0 spiro atoms. The number of hydrogen-bond donors (Lipinski definition) is 2. The average Bonchev–Trinajstić information content (AvgIpc) is 2.73. The van der Waals surface area contributed by atoms with Crippen molar-refractivity contribution in [1.29, 1.82) is 0 Å². The third kappa shape index (κ3) is 2.62. The van der Waals surface area contributed by atoms with E-state index in [0.29, 0.717) is 18.1 Å². The molecule has 1 fully saturated rings. The molecule has 4 heteroatoms. The molecule has 1 heterocycles. The molecule has 3 nitrogen and oxygen atoms in total. The van der Waals surface area contributed by atoms with Crippen LogP contribution in [0, 0.1) is 13.8 Å². The third-order valence-electron chi connectivity index (χ3n) is 3.29. The van der Waals surface area contributed by atoms with Crippen molar-refractivity contribution >= 4 is 11.3 Å². The molecule has 1 aromatic heterocycles. The monoisotopic (exact) mass is 239 g/mol. The van der Waals surface area contributed by atoms with Crippen LogP contribution in [0.4, 0.5) is 0 Å². The van der Waals surface area contributed by atoms with Crippen LogP contribution in [0.15, 0.2) is 0 Å². The molecular formula is C12H21N3S. The fraction of sp³-hybridized carbons (Fsp3) is 0.750. The van der Waals surface area contributed by atoms with Gasteiger partial charge in [0.15, 0.2) is 0 Å². The van der Waals surface area contributed by atoms with Gasteiger partial charge in [-0.15, -0.1) is 11.3 Å². The molecule has 3 atom stereocenters. The van der Waals surface area contributed by atoms with Gasteiger partial charge in [-0.2, -0.15) is 0 Å². The van der Waals surface area contributed by atoms with Gasteiger partial charge in [-0.05, 0) is 40.0 Å². The molecule has 3 N–H and O–H groups in total. The standard InChI is InChI=1S/C12H21N3S/c1-7-12(16-9(3)14-7)8(2)15-11-5-4-10(13)6-11/h8,10-11,15H,4-6,13H2,1-3H3. The number of rotatable bonds is 3. The van der Waals surface area contributed by atoms with Crippen molar-refractivity contribution in [2.75, 3.05) is 0 Å². The Hall–Kier alpha value is -0.450. The summed E-state index contributed by atoms with van der Waals surface area (Å²) >= 11 is 1.80. The zero-order valence-corrected chi connectivity index (χ0v) is 11.1. The first-order valence-electron chi connectivity index (χ1n) is 6.02. The molecule has 0 radical (unpaired) electrons. The SMILES string of the molecule is Cc1nc(C)c(C(C)NC2CCC(N)C2)s1. The molecule has 3 unspecified atom stereocenters. The summed E-state index contributed by atoms with van der Waals surface area (Å²) in [6.07, 6.45) is 3.48. The molecule has 1 aromatic rings. The second kappa shape index (κ2) is 4.82. The van der Waals surface area contributed by atoms with Gasteiger partial charge in [0, 0.05) is 23.0 Å². The maximum Gasteiger partial charge on any atom is 0.0900 e. The van der Waals surface area contributed by atoms with E-state index in [-0.39, 0.29) is 0 Å². The Labute approximate surface area is 101 Å². The van der Waals surface area contributed by atoms with Crippen molar-refractivity contribution in [2.45, 2.75) is 58.2 Å². The first kappa shape index (κ1) is 12.0. The summed E-state index contributed by atoms with van der Waals surface area (Å²) in [6, 6.07) is 1.39. The van der Waals surface area contributed by atoms with Crippen LogP contribution >= 0.6 is 11.3 Å². The largest absolute Gasteiger partial charge is 0.328 e. The minimum Gasteiger partial charge on any atom is -0.328 e. The van der Waals surface area contributed by atoms with Gasteiger partial charge in [-0.3, -0.25) is 0 Å². The van der Waals surface area contributed by atoms with Gasteiger partial charge in [0.1, 0.15) is 0 Å². The van der Waals surface area contributed by atoms with Crippen molar-refractivity contribution in [2.24, 2.45) is 5.73 Å². The van der Waals surface area contributed by atoms with Crippen molar-refractivity contribution in [3.63, 3.8) is 0 Å². The van der Waals surface area contributed by atoms with Gasteiger partial charge in [-0.25, -0.2) is 4.98 Å². The minimum atomic E-state index is 0.397. The van der Waals surface area contributed by atoms with Gasteiger partial charge < -0.3 is 11.1 Å². The molecule has 16 heavy (non-hydrogen) atoms. The molecule has 2 rings (SSSR count). The Morgan fingerprint density at radius 2 is 2.19 bits per heavy atom. The first-order chi connectivity index (χ1) is 7.56. The first-order valence-corrected chi connectivity index (χ1v) is 6.83. The molecule has 1 saturated carbocycles. The number of hydrogen-bond acceptors (Lipinski definition) is 4. The lowest BCUT2D eigenvalue weighted by Crippen LogP contribution is -2.30. The molecular weight excluding hydrogens is 218 g/mol. The summed E-state index contributed by atoms with van der Waals surface area (Å²) in [4.78, 5) is 5.85. The highest BCUT2D eigenvalue weighted by molar-refractivity contribution is 7.11. The second-order valence-electron chi connectivity index (χ2n) is 4.84. The average molecular weight is 239 g/mol. The van der Waals surface area contributed by atoms with E-state index >= 15 is 0 Å². The number of nitrogens with one attached hydrogen (secondary N) is 1. The Bertz CT molecular complexity index is 361. The van der Waals surface area contributed by atoms with Crippen molar-refractivity contribution < 1.29 is 0 Å². The minimum absolute atomic E-state index is 0.397. The summed E-state index contributed by atoms with van der Waals surface area (Å²) in [6.45, 7) is 6.39. The fourth-order valence-corrected chi connectivity index (χ4v) is 3.48. The van der Waals surface area contributed by atoms with Crippen LogP contribution in [0.2, 0.25) is 0 Å². The molecule has 90 valence electrons. The van der Waals surface area contributed by atoms with E-state index in [0.717, 1.165) is 17.8 Å². The topological polar surface area (TPSA) is 50.9 Å². The Kier molecular flexibility index (Phi) is 3.62. The van der Waals surface area contributed by atoms with E-state index in [1.54, 1.807) is 11.3 Å². The quantitative estimate of drug-likeness (QED) is 0.851. The van der Waals surface area contributed by atoms with E-state index in [2.05, 4.69) is 31.1 Å². The van der Waals surface area contributed by atoms with Crippen LogP contribution in [-0.2, 0) is 0 Å². The smallest absolute Gasteiger partial charge is 0.0900 e. The lowest BCUT2D eigenvalue weighted by atomic mass is 10.1. The number of nitrogens with zero attached hydrogens (tertiary/aromatic N) is 1. The van der Waals surface area contributed by atoms with Crippen LogP contribution in [0.3, 0.4) is 0 Å². The highest BCUT2D eigenvalue weighted by atomic mass is 32.1. The number of thiazole rings is 1. The van der Waals surface area contributed by atoms with E-state index in [1.165, 1.54) is 17.0 Å². The van der Waals surface area contributed by atoms with Gasteiger partial charge in [0.05, 0.1) is 10.7 Å². The van der Waals surface area contributed by atoms with E-state index < -0.39 is 0 Å². The van der Waals surface area contributed by atoms with Crippen LogP contribution in [0.1, 0.15) is 47.8 Å². The molecule has 0 saturated heterocycles. The Morgan fingerprint density at radius 1 is 1.44 bits per heavy atom. The second-order valence-corrected chi connectivity index (χ2v) is 6.08. The Balaban J connectivity index is 1.97. The van der Waals surface area contributed by atoms with Crippen LogP contribution in [-0.4, -0.2) is 17.1 Å². The molecule has 0 amide bonds. The maximum atomic E-state index is 5.92. The number of aryl methyl sites for hydroxylation is 2. The van der Waals surface area contributed by atoms with Gasteiger partial charge in [0.25, 0.3) is 0 Å². The zero-order chi connectivity index (χ0) is 11.7. The molecule has 0 aliphatic heterocycles. The lowest BCUT2D eigenvalue weighted by molar-refractivity contribution is 0.459. The lowest BCUT2D eigenvalue weighted by Gasteiger charge is -2.18. The zero-order valence-electron chi connectivity index (χ0n) is 10.3. The van der Waals surface area contributed by atoms with Gasteiger partial charge in [-0.1, -0.05) is 0 Å². The van der Waals surface area contributed by atoms with E-state index in [4.69, 9.17) is 5.73 Å². The van der Waals surface area contributed by atoms with Gasteiger partial charge >= 0.3 is 0 Å². The van der Waals surface area contributed by atoms with E-state index in [9.17, 15) is 0 Å². The van der Waals surface area contributed by atoms with Crippen molar-refractivity contribution in [1.82, 2.24) is 10.3 Å². The predicted molar refractivity (Wildman–Crippen MR) is 68.8 cm³/mol. The third-order valence-corrected chi connectivity index (χ3v) is 4.55. The van der Waals surface area contributed by atoms with Crippen LogP contribution in [0.25, 0.3) is 0 Å². The van der Waals surface area contributed by atoms with E-state index in [1.807, 2.05) is 0 Å². The summed E-state index contributed by atoms with van der Waals surface area (Å²) in [5, 5.41) is 4.83. The number of aromatic nitrogens is 1. The highest BCUT2D eigenvalue weighted by Crippen LogP contribution is 2.27. The molecule has 1 aliphatic carbocycles. The Morgan fingerprint density at radius 3 is 2.69 bits per heavy atom. The van der Waals surface area contributed by atoms with Crippen LogP contribution < -0.4 is 11.1 Å². The molecule has 0 aromatic carbocycles. The van der Waals surface area contributed by atoms with Crippen LogP contribution in [0.5, 0.6) is 0 Å². The summed E-state index contributed by atoms with van der Waals surface area (Å²) in [5.74, 6) is 0. The molecule has 1 aliphatic rings. The fourth-order valence-electron chi connectivity index (χ4n) is 2.55. The summed E-state index contributed by atoms with van der Waals surface area (Å²) < 4.78 is 0. The van der Waals surface area contributed by atoms with Crippen molar-refractivity contribution in [3.8, 4) is 0 Å². The number of nitrogens with two attached hydrogens (primary N) is 1. The maximum absolute atomic E-state index is 5.92. The molecule has 0 bridgehead atoms. The van der Waals surface area contributed by atoms with Gasteiger partial charge in [0.2, 0.25) is 0 Å². The predicted octanol–water partition coefficient (Wildman–Crippen LogP) is 2.29. The normalized spacial score (nSPS) is 27.2. The van der Waals surface area contributed by atoms with Crippen molar-refractivity contribution in [3.05, 3.63) is 15.6 Å². The summed E-state index contributed by atoms with van der Waals surface area (Å²) in [7, 11) is 0.